The van der Waals surface area contributed by atoms with E-state index in [4.69, 9.17) is 0 Å². The maximum Gasteiger partial charge on any atom is 0.123 e. The summed E-state index contributed by atoms with van der Waals surface area (Å²) in [6.07, 6.45) is 8.08. The second-order valence-electron chi connectivity index (χ2n) is 4.73. The predicted octanol–water partition coefficient (Wildman–Crippen LogP) is 2.10. The average Bonchev–Trinajstić information content (AvgIpc) is 3.06. The summed E-state index contributed by atoms with van der Waals surface area (Å²) < 4.78 is 13.1. The fraction of sp³-hybridized carbons (Fsp3) is 0.636. The van der Waals surface area contributed by atoms with Gasteiger partial charge in [-0.1, -0.05) is 0 Å². The highest BCUT2D eigenvalue weighted by Gasteiger charge is 2.52. The standard InChI is InChI=1S/C11H15N2OP/c1-8-6-12-13-7-11(8)15(14,9-2-3-9)10-4-5-10/h6-7,9-10H,2-5H2,1H3. The third kappa shape index (κ3) is 1.45. The fourth-order valence-electron chi connectivity index (χ4n) is 2.35. The van der Waals surface area contributed by atoms with Crippen LogP contribution in [0.5, 0.6) is 0 Å². The summed E-state index contributed by atoms with van der Waals surface area (Å²) in [6.45, 7) is 2.00. The largest absolute Gasteiger partial charge is 0.318 e. The molecule has 0 atom stereocenters. The maximum atomic E-state index is 13.1. The van der Waals surface area contributed by atoms with Crippen LogP contribution in [0, 0.1) is 6.92 Å². The van der Waals surface area contributed by atoms with E-state index in [1.54, 1.807) is 12.4 Å². The maximum absolute atomic E-state index is 13.1. The highest BCUT2D eigenvalue weighted by atomic mass is 31.2. The van der Waals surface area contributed by atoms with Crippen LogP contribution in [0.1, 0.15) is 31.2 Å². The Kier molecular flexibility index (Phi) is 2.00. The van der Waals surface area contributed by atoms with Crippen molar-refractivity contribution in [3.05, 3.63) is 18.0 Å². The van der Waals surface area contributed by atoms with E-state index in [9.17, 15) is 4.57 Å². The van der Waals surface area contributed by atoms with Gasteiger partial charge in [0.1, 0.15) is 7.14 Å². The molecule has 2 aliphatic carbocycles. The molecule has 0 aliphatic heterocycles. The molecule has 1 aromatic heterocycles. The molecule has 0 spiro atoms. The molecule has 0 saturated heterocycles. The van der Waals surface area contributed by atoms with Crippen LogP contribution in [0.3, 0.4) is 0 Å². The zero-order chi connectivity index (χ0) is 10.5. The van der Waals surface area contributed by atoms with E-state index in [-0.39, 0.29) is 0 Å². The smallest absolute Gasteiger partial charge is 0.123 e. The third-order valence-corrected chi connectivity index (χ3v) is 7.88. The van der Waals surface area contributed by atoms with E-state index in [1.807, 2.05) is 6.92 Å². The van der Waals surface area contributed by atoms with Crippen molar-refractivity contribution >= 4 is 12.4 Å². The second-order valence-corrected chi connectivity index (χ2v) is 8.09. The fourth-order valence-corrected chi connectivity index (χ4v) is 6.41. The first kappa shape index (κ1) is 9.53. The summed E-state index contributed by atoms with van der Waals surface area (Å²) in [6, 6.07) is 0. The summed E-state index contributed by atoms with van der Waals surface area (Å²) in [5, 5.41) is 8.77. The first-order chi connectivity index (χ1) is 7.23. The summed E-state index contributed by atoms with van der Waals surface area (Å²) in [4.78, 5) is 0. The summed E-state index contributed by atoms with van der Waals surface area (Å²) in [5.41, 5.74) is 1.99. The molecule has 3 nitrogen and oxygen atoms in total. The first-order valence-electron chi connectivity index (χ1n) is 5.60. The van der Waals surface area contributed by atoms with Gasteiger partial charge in [-0.15, -0.1) is 0 Å². The second kappa shape index (κ2) is 3.15. The highest BCUT2D eigenvalue weighted by Crippen LogP contribution is 2.69. The zero-order valence-electron chi connectivity index (χ0n) is 8.89. The number of aryl methyl sites for hydroxylation is 1. The van der Waals surface area contributed by atoms with Crippen LogP contribution in [0.4, 0.5) is 0 Å². The zero-order valence-corrected chi connectivity index (χ0v) is 9.78. The quantitative estimate of drug-likeness (QED) is 0.735. The lowest BCUT2D eigenvalue weighted by molar-refractivity contribution is 0.579. The van der Waals surface area contributed by atoms with Crippen LogP contribution in [0.2, 0.25) is 0 Å². The molecule has 15 heavy (non-hydrogen) atoms. The van der Waals surface area contributed by atoms with Crippen molar-refractivity contribution in [1.82, 2.24) is 10.2 Å². The van der Waals surface area contributed by atoms with Crippen LogP contribution >= 0.6 is 7.14 Å². The molecule has 2 fully saturated rings. The van der Waals surface area contributed by atoms with Crippen molar-refractivity contribution in [2.75, 3.05) is 0 Å². The minimum absolute atomic E-state index is 0.466. The molecule has 0 radical (unpaired) electrons. The lowest BCUT2D eigenvalue weighted by Gasteiger charge is -2.18. The highest BCUT2D eigenvalue weighted by molar-refractivity contribution is 7.73. The molecular formula is C11H15N2OP. The third-order valence-electron chi connectivity index (χ3n) is 3.46. The van der Waals surface area contributed by atoms with Crippen molar-refractivity contribution in [1.29, 1.82) is 0 Å². The van der Waals surface area contributed by atoms with Gasteiger partial charge in [0.2, 0.25) is 0 Å². The van der Waals surface area contributed by atoms with Gasteiger partial charge < -0.3 is 4.57 Å². The molecule has 3 rings (SSSR count). The lowest BCUT2D eigenvalue weighted by atomic mass is 10.4. The molecule has 0 bridgehead atoms. The normalized spacial score (nSPS) is 21.7. The SMILES string of the molecule is Cc1cnncc1P(=O)(C1CC1)C1CC1. The molecule has 0 N–H and O–H groups in total. The molecule has 2 saturated carbocycles. The van der Waals surface area contributed by atoms with Crippen LogP contribution in [-0.2, 0) is 4.57 Å². The van der Waals surface area contributed by atoms with E-state index >= 15 is 0 Å². The molecule has 4 heteroatoms. The summed E-state index contributed by atoms with van der Waals surface area (Å²) in [7, 11) is -2.13. The number of nitrogens with zero attached hydrogens (tertiary/aromatic N) is 2. The van der Waals surface area contributed by atoms with Crippen molar-refractivity contribution in [2.45, 2.75) is 43.9 Å². The number of rotatable bonds is 3. The minimum Gasteiger partial charge on any atom is -0.318 e. The van der Waals surface area contributed by atoms with Crippen LogP contribution in [0.15, 0.2) is 12.4 Å². The van der Waals surface area contributed by atoms with E-state index in [2.05, 4.69) is 10.2 Å². The van der Waals surface area contributed by atoms with E-state index in [0.717, 1.165) is 36.6 Å². The molecule has 0 unspecified atom stereocenters. The van der Waals surface area contributed by atoms with Crippen LogP contribution in [0.25, 0.3) is 0 Å². The number of hydrogen-bond acceptors (Lipinski definition) is 3. The Labute approximate surface area is 89.7 Å². The van der Waals surface area contributed by atoms with Gasteiger partial charge in [0.25, 0.3) is 0 Å². The first-order valence-corrected chi connectivity index (χ1v) is 7.44. The molecule has 0 aromatic carbocycles. The molecule has 0 amide bonds. The van der Waals surface area contributed by atoms with E-state index in [0.29, 0.717) is 11.3 Å². The Balaban J connectivity index is 2.09. The number of hydrogen-bond donors (Lipinski definition) is 0. The van der Waals surface area contributed by atoms with Crippen LogP contribution in [-0.4, -0.2) is 21.5 Å². The Morgan fingerprint density at radius 1 is 1.13 bits per heavy atom. The average molecular weight is 222 g/mol. The Hall–Kier alpha value is -0.690. The van der Waals surface area contributed by atoms with Gasteiger partial charge in [-0.3, -0.25) is 0 Å². The van der Waals surface area contributed by atoms with E-state index in [1.165, 1.54) is 0 Å². The topological polar surface area (TPSA) is 42.9 Å². The van der Waals surface area contributed by atoms with Crippen molar-refractivity contribution in [3.63, 3.8) is 0 Å². The van der Waals surface area contributed by atoms with E-state index < -0.39 is 7.14 Å². The van der Waals surface area contributed by atoms with Gasteiger partial charge in [0.05, 0.1) is 12.4 Å². The van der Waals surface area contributed by atoms with Gasteiger partial charge in [-0.25, -0.2) is 0 Å². The van der Waals surface area contributed by atoms with Crippen LogP contribution < -0.4 is 5.30 Å². The molecule has 80 valence electrons. The monoisotopic (exact) mass is 222 g/mol. The minimum atomic E-state index is -2.13. The lowest BCUT2D eigenvalue weighted by Crippen LogP contribution is -2.16. The van der Waals surface area contributed by atoms with Crippen molar-refractivity contribution in [3.8, 4) is 0 Å². The van der Waals surface area contributed by atoms with Gasteiger partial charge >= 0.3 is 0 Å². The van der Waals surface area contributed by atoms with Gasteiger partial charge in [0, 0.05) is 16.6 Å². The Bertz CT molecular complexity index is 422. The molecule has 1 aromatic rings. The van der Waals surface area contributed by atoms with Gasteiger partial charge in [-0.05, 0) is 38.2 Å². The summed E-state index contributed by atoms with van der Waals surface area (Å²) >= 11 is 0. The predicted molar refractivity (Wildman–Crippen MR) is 60.1 cm³/mol. The molecular weight excluding hydrogens is 207 g/mol. The molecule has 1 heterocycles. The van der Waals surface area contributed by atoms with Gasteiger partial charge in [-0.2, -0.15) is 10.2 Å². The van der Waals surface area contributed by atoms with Crippen molar-refractivity contribution < 1.29 is 4.57 Å². The summed E-state index contributed by atoms with van der Waals surface area (Å²) in [5.74, 6) is 0. The van der Waals surface area contributed by atoms with Gasteiger partial charge in [0.15, 0.2) is 0 Å². The number of aromatic nitrogens is 2. The molecule has 2 aliphatic rings. The Morgan fingerprint density at radius 3 is 2.13 bits per heavy atom. The van der Waals surface area contributed by atoms with Crippen molar-refractivity contribution in [2.24, 2.45) is 0 Å². The Morgan fingerprint density at radius 2 is 1.67 bits per heavy atom.